The summed E-state index contributed by atoms with van der Waals surface area (Å²) in [5.41, 5.74) is 2.76. The minimum atomic E-state index is -0.188. The summed E-state index contributed by atoms with van der Waals surface area (Å²) in [5, 5.41) is 12.2. The van der Waals surface area contributed by atoms with Crippen LogP contribution >= 0.6 is 12.6 Å². The zero-order valence-electron chi connectivity index (χ0n) is 11.0. The lowest BCUT2D eigenvalue weighted by Crippen LogP contribution is -2.29. The summed E-state index contributed by atoms with van der Waals surface area (Å²) in [6.07, 6.45) is 0.300. The molecule has 0 unspecified atom stereocenters. The van der Waals surface area contributed by atoms with Gasteiger partial charge in [-0.05, 0) is 17.0 Å². The van der Waals surface area contributed by atoms with Crippen molar-refractivity contribution in [2.75, 3.05) is 0 Å². The number of allylic oxidation sites excluding steroid dienone is 1. The van der Waals surface area contributed by atoms with Crippen molar-refractivity contribution < 1.29 is 4.79 Å². The van der Waals surface area contributed by atoms with E-state index in [9.17, 15) is 10.1 Å². The van der Waals surface area contributed by atoms with Gasteiger partial charge in [0, 0.05) is 12.3 Å². The van der Waals surface area contributed by atoms with Gasteiger partial charge in [-0.25, -0.2) is 0 Å². The number of nitriles is 1. The first-order valence-corrected chi connectivity index (χ1v) is 6.70. The molecule has 1 aromatic rings. The highest BCUT2D eigenvalue weighted by Gasteiger charge is 2.27. The Labute approximate surface area is 118 Å². The molecule has 0 saturated heterocycles. The predicted octanol–water partition coefficient (Wildman–Crippen LogP) is 3.08. The maximum atomic E-state index is 11.6. The van der Waals surface area contributed by atoms with Crippen LogP contribution in [0.3, 0.4) is 0 Å². The van der Waals surface area contributed by atoms with Crippen molar-refractivity contribution in [3.05, 3.63) is 46.0 Å². The molecule has 4 heteroatoms. The van der Waals surface area contributed by atoms with Crippen LogP contribution in [0, 0.1) is 11.3 Å². The van der Waals surface area contributed by atoms with E-state index in [1.54, 1.807) is 0 Å². The third-order valence-electron chi connectivity index (χ3n) is 3.38. The Bertz CT molecular complexity index is 567. The van der Waals surface area contributed by atoms with Crippen molar-refractivity contribution in [3.63, 3.8) is 0 Å². The van der Waals surface area contributed by atoms with E-state index in [0.29, 0.717) is 22.9 Å². The van der Waals surface area contributed by atoms with E-state index in [4.69, 9.17) is 0 Å². The van der Waals surface area contributed by atoms with Crippen LogP contribution in [0.25, 0.3) is 0 Å². The van der Waals surface area contributed by atoms with Crippen LogP contribution in [-0.2, 0) is 4.79 Å². The Morgan fingerprint density at radius 1 is 1.37 bits per heavy atom. The molecule has 0 bridgehead atoms. The molecule has 0 aliphatic carbocycles. The fraction of sp³-hybridized carbons (Fsp3) is 0.333. The number of carbonyl (C=O) groups excluding carboxylic acids is 1. The number of rotatable bonds is 2. The van der Waals surface area contributed by atoms with Crippen LogP contribution in [0.4, 0.5) is 0 Å². The molecule has 1 aliphatic rings. The molecule has 1 N–H and O–H groups in total. The van der Waals surface area contributed by atoms with Crippen LogP contribution < -0.4 is 5.32 Å². The van der Waals surface area contributed by atoms with E-state index in [0.717, 1.165) is 5.56 Å². The Hall–Kier alpha value is -1.73. The minimum Gasteiger partial charge on any atom is -0.320 e. The highest BCUT2D eigenvalue weighted by atomic mass is 32.1. The molecule has 98 valence electrons. The Morgan fingerprint density at radius 2 is 2.00 bits per heavy atom. The SMILES string of the molecule is CC(C)c1ccc([C@H]2CC(=O)NC(S)=C2C#N)cc1. The summed E-state index contributed by atoms with van der Waals surface area (Å²) in [6, 6.07) is 10.3. The van der Waals surface area contributed by atoms with Gasteiger partial charge >= 0.3 is 0 Å². The van der Waals surface area contributed by atoms with Crippen LogP contribution in [0.5, 0.6) is 0 Å². The first-order valence-electron chi connectivity index (χ1n) is 6.26. The van der Waals surface area contributed by atoms with Gasteiger partial charge in [0.1, 0.15) is 0 Å². The smallest absolute Gasteiger partial charge is 0.225 e. The number of nitrogens with zero attached hydrogens (tertiary/aromatic N) is 1. The average Bonchev–Trinajstić information content (AvgIpc) is 2.38. The van der Waals surface area contributed by atoms with Crippen LogP contribution in [0.15, 0.2) is 34.9 Å². The number of carbonyl (C=O) groups is 1. The van der Waals surface area contributed by atoms with Crippen molar-refractivity contribution in [2.24, 2.45) is 0 Å². The van der Waals surface area contributed by atoms with Crippen molar-refractivity contribution in [3.8, 4) is 6.07 Å². The minimum absolute atomic E-state index is 0.0954. The third-order valence-corrected chi connectivity index (χ3v) is 3.73. The van der Waals surface area contributed by atoms with Gasteiger partial charge in [-0.1, -0.05) is 38.1 Å². The Balaban J connectivity index is 2.37. The summed E-state index contributed by atoms with van der Waals surface area (Å²) in [6.45, 7) is 4.27. The van der Waals surface area contributed by atoms with Gasteiger partial charge in [0.2, 0.25) is 5.91 Å². The van der Waals surface area contributed by atoms with Gasteiger partial charge in [0.25, 0.3) is 0 Å². The number of hydrogen-bond donors (Lipinski definition) is 2. The molecule has 1 heterocycles. The lowest BCUT2D eigenvalue weighted by atomic mass is 9.86. The van der Waals surface area contributed by atoms with E-state index < -0.39 is 0 Å². The highest BCUT2D eigenvalue weighted by Crippen LogP contribution is 2.33. The largest absolute Gasteiger partial charge is 0.320 e. The first-order chi connectivity index (χ1) is 9.02. The zero-order chi connectivity index (χ0) is 14.0. The maximum absolute atomic E-state index is 11.6. The highest BCUT2D eigenvalue weighted by molar-refractivity contribution is 7.84. The van der Waals surface area contributed by atoms with E-state index in [1.807, 2.05) is 12.1 Å². The van der Waals surface area contributed by atoms with Gasteiger partial charge in [-0.15, -0.1) is 12.6 Å². The molecule has 1 amide bonds. The van der Waals surface area contributed by atoms with Crippen molar-refractivity contribution in [1.82, 2.24) is 5.32 Å². The summed E-state index contributed by atoms with van der Waals surface area (Å²) >= 11 is 4.18. The van der Waals surface area contributed by atoms with Gasteiger partial charge in [-0.2, -0.15) is 5.26 Å². The summed E-state index contributed by atoms with van der Waals surface area (Å²) in [7, 11) is 0. The van der Waals surface area contributed by atoms with Crippen LogP contribution in [0.2, 0.25) is 0 Å². The molecule has 0 spiro atoms. The van der Waals surface area contributed by atoms with E-state index in [-0.39, 0.29) is 11.8 Å². The zero-order valence-corrected chi connectivity index (χ0v) is 11.9. The predicted molar refractivity (Wildman–Crippen MR) is 77.7 cm³/mol. The number of amides is 1. The molecule has 0 aromatic heterocycles. The lowest BCUT2D eigenvalue weighted by molar-refractivity contribution is -0.120. The fourth-order valence-corrected chi connectivity index (χ4v) is 2.56. The molecular formula is C15H16N2OS. The van der Waals surface area contributed by atoms with Crippen molar-refractivity contribution in [1.29, 1.82) is 5.26 Å². The molecule has 1 atom stereocenters. The monoisotopic (exact) mass is 272 g/mol. The van der Waals surface area contributed by atoms with Crippen molar-refractivity contribution in [2.45, 2.75) is 32.1 Å². The molecule has 0 saturated carbocycles. The summed E-state index contributed by atoms with van der Waals surface area (Å²) < 4.78 is 0. The molecule has 1 aliphatic heterocycles. The Morgan fingerprint density at radius 3 is 2.53 bits per heavy atom. The van der Waals surface area contributed by atoms with Crippen LogP contribution in [0.1, 0.15) is 43.2 Å². The number of benzene rings is 1. The Kier molecular flexibility index (Phi) is 3.96. The second-order valence-electron chi connectivity index (χ2n) is 5.00. The van der Waals surface area contributed by atoms with E-state index in [1.165, 1.54) is 5.56 Å². The number of nitrogens with one attached hydrogen (secondary N) is 1. The average molecular weight is 272 g/mol. The third kappa shape index (κ3) is 2.82. The van der Waals surface area contributed by atoms with E-state index in [2.05, 4.69) is 50.0 Å². The van der Waals surface area contributed by atoms with Crippen LogP contribution in [-0.4, -0.2) is 5.91 Å². The van der Waals surface area contributed by atoms with Gasteiger partial charge in [-0.3, -0.25) is 4.79 Å². The first kappa shape index (κ1) is 13.7. The van der Waals surface area contributed by atoms with Gasteiger partial charge in [0.15, 0.2) is 0 Å². The number of thiol groups is 1. The van der Waals surface area contributed by atoms with Gasteiger partial charge in [0.05, 0.1) is 16.7 Å². The molecule has 19 heavy (non-hydrogen) atoms. The molecule has 0 fully saturated rings. The topological polar surface area (TPSA) is 52.9 Å². The quantitative estimate of drug-likeness (QED) is 0.813. The van der Waals surface area contributed by atoms with Crippen molar-refractivity contribution >= 4 is 18.5 Å². The lowest BCUT2D eigenvalue weighted by Gasteiger charge is -2.23. The molecule has 1 aromatic carbocycles. The molecular weight excluding hydrogens is 256 g/mol. The molecule has 0 radical (unpaired) electrons. The summed E-state index contributed by atoms with van der Waals surface area (Å²) in [4.78, 5) is 11.6. The second-order valence-corrected chi connectivity index (χ2v) is 5.45. The normalized spacial score (nSPS) is 19.3. The summed E-state index contributed by atoms with van der Waals surface area (Å²) in [5.74, 6) is 0.185. The standard InChI is InChI=1S/C15H16N2OS/c1-9(2)10-3-5-11(6-4-10)12-7-14(18)17-15(19)13(12)8-16/h3-6,9,12,19H,7H2,1-2H3,(H,17,18)/t12-/m1/s1. The molecule has 3 nitrogen and oxygen atoms in total. The second kappa shape index (κ2) is 5.50. The maximum Gasteiger partial charge on any atom is 0.225 e. The number of hydrogen-bond acceptors (Lipinski definition) is 3. The van der Waals surface area contributed by atoms with Gasteiger partial charge < -0.3 is 5.32 Å². The van der Waals surface area contributed by atoms with E-state index >= 15 is 0 Å². The molecule has 2 rings (SSSR count). The fourth-order valence-electron chi connectivity index (χ4n) is 2.23.